The van der Waals surface area contributed by atoms with Crippen molar-refractivity contribution in [3.63, 3.8) is 0 Å². The van der Waals surface area contributed by atoms with Crippen LogP contribution < -0.4 is 10.1 Å². The molecule has 1 saturated carbocycles. The number of ether oxygens (including phenoxy) is 2. The second kappa shape index (κ2) is 7.47. The number of nitrogens with zero attached hydrogens (tertiary/aromatic N) is 1. The lowest BCUT2D eigenvalue weighted by Crippen LogP contribution is -2.42. The Labute approximate surface area is 137 Å². The van der Waals surface area contributed by atoms with Crippen molar-refractivity contribution in [2.24, 2.45) is 5.92 Å². The van der Waals surface area contributed by atoms with Crippen LogP contribution in [-0.4, -0.2) is 25.2 Å². The number of anilines is 1. The number of methoxy groups -OCH3 is 1. The van der Waals surface area contributed by atoms with Crippen LogP contribution in [0.3, 0.4) is 0 Å². The number of nitrogens with one attached hydrogen (secondary N) is 1. The molecule has 2 rings (SSSR count). The van der Waals surface area contributed by atoms with E-state index in [2.05, 4.69) is 25.2 Å². The van der Waals surface area contributed by atoms with Gasteiger partial charge in [-0.05, 0) is 49.8 Å². The van der Waals surface area contributed by atoms with E-state index in [0.29, 0.717) is 42.4 Å². The van der Waals surface area contributed by atoms with Gasteiger partial charge in [-0.25, -0.2) is 0 Å². The van der Waals surface area contributed by atoms with E-state index in [1.54, 1.807) is 25.3 Å². The Hall–Kier alpha value is -2.06. The van der Waals surface area contributed by atoms with E-state index in [-0.39, 0.29) is 5.91 Å². The molecule has 1 amide bonds. The van der Waals surface area contributed by atoms with Gasteiger partial charge in [0.25, 0.3) is 5.91 Å². The van der Waals surface area contributed by atoms with Crippen LogP contribution in [0.25, 0.3) is 0 Å². The zero-order valence-corrected chi connectivity index (χ0v) is 14.0. The van der Waals surface area contributed by atoms with Gasteiger partial charge in [0.2, 0.25) is 0 Å². The predicted octanol–water partition coefficient (Wildman–Crippen LogP) is 3.49. The van der Waals surface area contributed by atoms with Crippen LogP contribution in [0.1, 0.15) is 45.1 Å². The normalized spacial score (nSPS) is 16.1. The first-order chi connectivity index (χ1) is 11.0. The molecule has 1 aliphatic rings. The van der Waals surface area contributed by atoms with Crippen molar-refractivity contribution in [2.75, 3.05) is 19.0 Å². The molecule has 0 radical (unpaired) electrons. The first-order valence-electron chi connectivity index (χ1n) is 8.04. The van der Waals surface area contributed by atoms with Gasteiger partial charge in [0.15, 0.2) is 0 Å². The van der Waals surface area contributed by atoms with Gasteiger partial charge in [0, 0.05) is 7.11 Å². The van der Waals surface area contributed by atoms with Crippen LogP contribution in [0.5, 0.6) is 5.75 Å². The molecule has 0 atom stereocenters. The number of carbonyl (C=O) groups excluding carboxylic acids is 1. The third-order valence-electron chi connectivity index (χ3n) is 4.16. The van der Waals surface area contributed by atoms with Crippen LogP contribution in [0.15, 0.2) is 18.2 Å². The summed E-state index contributed by atoms with van der Waals surface area (Å²) in [7, 11) is 1.57. The fraction of sp³-hybridized carbons (Fsp3) is 0.556. The van der Waals surface area contributed by atoms with Crippen LogP contribution in [0.2, 0.25) is 0 Å². The quantitative estimate of drug-likeness (QED) is 0.872. The van der Waals surface area contributed by atoms with Gasteiger partial charge in [-0.15, -0.1) is 0 Å². The van der Waals surface area contributed by atoms with Crippen molar-refractivity contribution in [3.8, 4) is 11.8 Å². The second-order valence-electron chi connectivity index (χ2n) is 6.38. The number of amides is 1. The van der Waals surface area contributed by atoms with Crippen LogP contribution in [0.4, 0.5) is 5.69 Å². The minimum Gasteiger partial charge on any atom is -0.493 e. The van der Waals surface area contributed by atoms with E-state index < -0.39 is 5.60 Å². The summed E-state index contributed by atoms with van der Waals surface area (Å²) in [5, 5.41) is 12.2. The standard InChI is InChI=1S/C18H24N2O3/c1-13(2)12-23-15-6-7-16(14(10-15)11-19)20-17(21)18(22-3)8-4-5-9-18/h6-7,10,13H,4-5,8-9,12H2,1-3H3,(H,20,21). The van der Waals surface area contributed by atoms with Crippen LogP contribution in [-0.2, 0) is 9.53 Å². The summed E-state index contributed by atoms with van der Waals surface area (Å²) in [4.78, 5) is 12.6. The summed E-state index contributed by atoms with van der Waals surface area (Å²) in [6.07, 6.45) is 3.39. The summed E-state index contributed by atoms with van der Waals surface area (Å²) < 4.78 is 11.1. The molecular weight excluding hydrogens is 292 g/mol. The Bertz CT molecular complexity index is 599. The highest BCUT2D eigenvalue weighted by Crippen LogP contribution is 2.34. The first kappa shape index (κ1) is 17.3. The number of benzene rings is 1. The molecular formula is C18H24N2O3. The van der Waals surface area contributed by atoms with Crippen molar-refractivity contribution in [1.82, 2.24) is 0 Å². The fourth-order valence-electron chi connectivity index (χ4n) is 2.78. The Balaban J connectivity index is 2.13. The summed E-state index contributed by atoms with van der Waals surface area (Å²) in [5.41, 5.74) is 0.126. The molecule has 1 aromatic carbocycles. The second-order valence-corrected chi connectivity index (χ2v) is 6.38. The lowest BCUT2D eigenvalue weighted by Gasteiger charge is -2.26. The molecule has 0 spiro atoms. The average molecular weight is 316 g/mol. The third-order valence-corrected chi connectivity index (χ3v) is 4.16. The predicted molar refractivity (Wildman–Crippen MR) is 88.3 cm³/mol. The minimum absolute atomic E-state index is 0.176. The van der Waals surface area contributed by atoms with E-state index in [0.717, 1.165) is 12.8 Å². The zero-order valence-electron chi connectivity index (χ0n) is 14.0. The van der Waals surface area contributed by atoms with Crippen molar-refractivity contribution in [1.29, 1.82) is 5.26 Å². The van der Waals surface area contributed by atoms with Crippen molar-refractivity contribution in [2.45, 2.75) is 45.1 Å². The summed E-state index contributed by atoms with van der Waals surface area (Å²) in [5.74, 6) is 0.865. The number of hydrogen-bond donors (Lipinski definition) is 1. The largest absolute Gasteiger partial charge is 0.493 e. The number of nitriles is 1. The number of rotatable bonds is 6. The minimum atomic E-state index is -0.764. The Kier molecular flexibility index (Phi) is 5.62. The Morgan fingerprint density at radius 2 is 2.09 bits per heavy atom. The van der Waals surface area contributed by atoms with Crippen molar-refractivity contribution < 1.29 is 14.3 Å². The maximum Gasteiger partial charge on any atom is 0.256 e. The number of carbonyl (C=O) groups is 1. The van der Waals surface area contributed by atoms with Gasteiger partial charge in [0.05, 0.1) is 17.9 Å². The van der Waals surface area contributed by atoms with Gasteiger partial charge < -0.3 is 14.8 Å². The molecule has 1 aromatic rings. The molecule has 0 aliphatic heterocycles. The highest BCUT2D eigenvalue weighted by Gasteiger charge is 2.41. The molecule has 0 bridgehead atoms. The molecule has 0 aromatic heterocycles. The van der Waals surface area contributed by atoms with E-state index >= 15 is 0 Å². The van der Waals surface area contributed by atoms with E-state index in [9.17, 15) is 10.1 Å². The monoisotopic (exact) mass is 316 g/mol. The van der Waals surface area contributed by atoms with Gasteiger partial charge in [-0.1, -0.05) is 13.8 Å². The third kappa shape index (κ3) is 4.02. The van der Waals surface area contributed by atoms with Crippen molar-refractivity contribution in [3.05, 3.63) is 23.8 Å². The van der Waals surface area contributed by atoms with E-state index in [4.69, 9.17) is 9.47 Å². The Morgan fingerprint density at radius 3 is 2.65 bits per heavy atom. The topological polar surface area (TPSA) is 71.3 Å². The SMILES string of the molecule is COC1(C(=O)Nc2ccc(OCC(C)C)cc2C#N)CCCC1. The molecule has 1 fully saturated rings. The lowest BCUT2D eigenvalue weighted by molar-refractivity contribution is -0.137. The zero-order chi connectivity index (χ0) is 16.9. The average Bonchev–Trinajstić information content (AvgIpc) is 3.04. The molecule has 0 heterocycles. The smallest absolute Gasteiger partial charge is 0.256 e. The number of hydrogen-bond acceptors (Lipinski definition) is 4. The van der Waals surface area contributed by atoms with Crippen LogP contribution >= 0.6 is 0 Å². The molecule has 5 heteroatoms. The van der Waals surface area contributed by atoms with Gasteiger partial charge in [-0.3, -0.25) is 4.79 Å². The molecule has 1 aliphatic carbocycles. The molecule has 0 saturated heterocycles. The van der Waals surface area contributed by atoms with Gasteiger partial charge in [0.1, 0.15) is 17.4 Å². The lowest BCUT2D eigenvalue weighted by atomic mass is 10.0. The van der Waals surface area contributed by atoms with Crippen LogP contribution in [0, 0.1) is 17.2 Å². The van der Waals surface area contributed by atoms with Crippen molar-refractivity contribution >= 4 is 11.6 Å². The summed E-state index contributed by atoms with van der Waals surface area (Å²) in [6, 6.07) is 7.26. The van der Waals surface area contributed by atoms with Gasteiger partial charge in [-0.2, -0.15) is 5.26 Å². The highest BCUT2D eigenvalue weighted by atomic mass is 16.5. The molecule has 0 unspecified atom stereocenters. The maximum atomic E-state index is 12.6. The molecule has 1 N–H and O–H groups in total. The molecule has 23 heavy (non-hydrogen) atoms. The maximum absolute atomic E-state index is 12.6. The summed E-state index contributed by atoms with van der Waals surface area (Å²) >= 11 is 0. The van der Waals surface area contributed by atoms with Gasteiger partial charge >= 0.3 is 0 Å². The fourth-order valence-corrected chi connectivity index (χ4v) is 2.78. The first-order valence-corrected chi connectivity index (χ1v) is 8.04. The van der Waals surface area contributed by atoms with E-state index in [1.165, 1.54) is 0 Å². The molecule has 5 nitrogen and oxygen atoms in total. The van der Waals surface area contributed by atoms with E-state index in [1.807, 2.05) is 0 Å². The summed E-state index contributed by atoms with van der Waals surface area (Å²) in [6.45, 7) is 4.71. The Morgan fingerprint density at radius 1 is 1.39 bits per heavy atom. The molecule has 124 valence electrons. The highest BCUT2D eigenvalue weighted by molar-refractivity contribution is 5.98.